The number of nitro groups is 1. The number of benzene rings is 2. The number of carbonyl (C=O) groups excluding carboxylic acids is 1. The van der Waals surface area contributed by atoms with Gasteiger partial charge in [0.1, 0.15) is 12.3 Å². The molecule has 2 aromatic rings. The van der Waals surface area contributed by atoms with Gasteiger partial charge in [-0.25, -0.2) is 0 Å². The number of quaternary nitrogens is 1. The minimum Gasteiger partial charge on any atom is -0.493 e. The predicted molar refractivity (Wildman–Crippen MR) is 110 cm³/mol. The Morgan fingerprint density at radius 2 is 2.03 bits per heavy atom. The van der Waals surface area contributed by atoms with Gasteiger partial charge in [-0.15, -0.1) is 0 Å². The first-order valence-corrected chi connectivity index (χ1v) is 10.3. The Labute approximate surface area is 175 Å². The second-order valence-electron chi connectivity index (χ2n) is 7.63. The molecule has 2 heterocycles. The van der Waals surface area contributed by atoms with E-state index >= 15 is 0 Å². The predicted octanol–water partition coefficient (Wildman–Crippen LogP) is 1.47. The molecule has 158 valence electrons. The van der Waals surface area contributed by atoms with E-state index in [0.29, 0.717) is 25.3 Å². The Hall–Kier alpha value is -3.13. The number of nitrogens with zero attached hydrogens (tertiary/aromatic N) is 2. The number of ether oxygens (including phenoxy) is 2. The Bertz CT molecular complexity index is 954. The fourth-order valence-corrected chi connectivity index (χ4v) is 4.09. The summed E-state index contributed by atoms with van der Waals surface area (Å²) in [5, 5.41) is 11.3. The van der Waals surface area contributed by atoms with E-state index in [1.807, 2.05) is 0 Å². The van der Waals surface area contributed by atoms with Crippen molar-refractivity contribution in [3.8, 4) is 11.5 Å². The lowest BCUT2D eigenvalue weighted by Gasteiger charge is -2.32. The van der Waals surface area contributed by atoms with Crippen LogP contribution >= 0.6 is 0 Å². The molecule has 0 atom stereocenters. The minimum atomic E-state index is -0.508. The highest BCUT2D eigenvalue weighted by atomic mass is 16.6. The fourth-order valence-electron chi connectivity index (χ4n) is 4.09. The molecule has 30 heavy (non-hydrogen) atoms. The zero-order chi connectivity index (χ0) is 21.1. The van der Waals surface area contributed by atoms with Gasteiger partial charge in [0.2, 0.25) is 0 Å². The van der Waals surface area contributed by atoms with Gasteiger partial charge in [-0.05, 0) is 42.8 Å². The summed E-state index contributed by atoms with van der Waals surface area (Å²) < 4.78 is 10.9. The SMILES string of the molecule is CCOc1ccc(C(=O)N2CC[NH+](Cc3ccc4c(c3)CCO4)CC2)cc1[N+](=O)[O-]. The minimum absolute atomic E-state index is 0.171. The number of hydrogen-bond donors (Lipinski definition) is 1. The van der Waals surface area contributed by atoms with Crippen molar-refractivity contribution in [1.29, 1.82) is 0 Å². The summed E-state index contributed by atoms with van der Waals surface area (Å²) in [5.74, 6) is 1.01. The van der Waals surface area contributed by atoms with E-state index in [2.05, 4.69) is 18.2 Å². The Kier molecular flexibility index (Phi) is 5.85. The highest BCUT2D eigenvalue weighted by Gasteiger charge is 2.27. The average Bonchev–Trinajstić information content (AvgIpc) is 3.22. The molecule has 0 bridgehead atoms. The number of piperazine rings is 1. The van der Waals surface area contributed by atoms with E-state index in [1.54, 1.807) is 17.9 Å². The molecule has 8 nitrogen and oxygen atoms in total. The van der Waals surface area contributed by atoms with Crippen molar-refractivity contribution in [3.05, 3.63) is 63.2 Å². The molecule has 1 saturated heterocycles. The van der Waals surface area contributed by atoms with Crippen molar-refractivity contribution < 1.29 is 24.1 Å². The lowest BCUT2D eigenvalue weighted by Crippen LogP contribution is -3.13. The van der Waals surface area contributed by atoms with Crippen molar-refractivity contribution in [1.82, 2.24) is 4.90 Å². The van der Waals surface area contributed by atoms with Gasteiger partial charge < -0.3 is 19.3 Å². The number of nitro benzene ring substituents is 1. The molecule has 2 aliphatic heterocycles. The lowest BCUT2D eigenvalue weighted by atomic mass is 10.1. The number of hydrogen-bond acceptors (Lipinski definition) is 5. The van der Waals surface area contributed by atoms with Crippen LogP contribution in [0.1, 0.15) is 28.4 Å². The standard InChI is InChI=1S/C22H25N3O5/c1-2-29-21-6-4-18(14-19(21)25(27)28)22(26)24-10-8-23(9-11-24)15-16-3-5-20-17(13-16)7-12-30-20/h3-6,13-14H,2,7-12,15H2,1H3/p+1. The van der Waals surface area contributed by atoms with Crippen LogP contribution in [0.25, 0.3) is 0 Å². The third-order valence-corrected chi connectivity index (χ3v) is 5.67. The zero-order valence-corrected chi connectivity index (χ0v) is 17.1. The van der Waals surface area contributed by atoms with Crippen LogP contribution in [-0.4, -0.2) is 55.1 Å². The Balaban J connectivity index is 1.37. The molecular weight excluding hydrogens is 386 g/mol. The summed E-state index contributed by atoms with van der Waals surface area (Å²) in [6, 6.07) is 10.8. The number of amides is 1. The normalized spacial score (nSPS) is 16.1. The second kappa shape index (κ2) is 8.71. The van der Waals surface area contributed by atoms with Crippen molar-refractivity contribution >= 4 is 11.6 Å². The highest BCUT2D eigenvalue weighted by molar-refractivity contribution is 5.95. The molecule has 4 rings (SSSR count). The van der Waals surface area contributed by atoms with Crippen LogP contribution in [0, 0.1) is 10.1 Å². The molecule has 1 fully saturated rings. The fraction of sp³-hybridized carbons (Fsp3) is 0.409. The van der Waals surface area contributed by atoms with Gasteiger partial charge in [-0.3, -0.25) is 14.9 Å². The molecule has 2 aliphatic rings. The number of nitrogens with one attached hydrogen (secondary N) is 1. The van der Waals surface area contributed by atoms with Crippen molar-refractivity contribution in [2.75, 3.05) is 39.4 Å². The van der Waals surface area contributed by atoms with Crippen LogP contribution in [0.15, 0.2) is 36.4 Å². The van der Waals surface area contributed by atoms with E-state index < -0.39 is 4.92 Å². The van der Waals surface area contributed by atoms with Crippen LogP contribution in [0.4, 0.5) is 5.69 Å². The van der Waals surface area contributed by atoms with Crippen LogP contribution in [0.5, 0.6) is 11.5 Å². The monoisotopic (exact) mass is 412 g/mol. The quantitative estimate of drug-likeness (QED) is 0.574. The Morgan fingerprint density at radius 1 is 1.23 bits per heavy atom. The third kappa shape index (κ3) is 4.23. The van der Waals surface area contributed by atoms with Crippen molar-refractivity contribution in [2.24, 2.45) is 0 Å². The first-order valence-electron chi connectivity index (χ1n) is 10.3. The largest absolute Gasteiger partial charge is 0.493 e. The van der Waals surface area contributed by atoms with Gasteiger partial charge in [0, 0.05) is 23.6 Å². The van der Waals surface area contributed by atoms with E-state index in [0.717, 1.165) is 38.4 Å². The topological polar surface area (TPSA) is 86.3 Å². The lowest BCUT2D eigenvalue weighted by molar-refractivity contribution is -0.917. The van der Waals surface area contributed by atoms with E-state index in [4.69, 9.17) is 9.47 Å². The van der Waals surface area contributed by atoms with E-state index in [1.165, 1.54) is 28.2 Å². The average molecular weight is 412 g/mol. The third-order valence-electron chi connectivity index (χ3n) is 5.67. The van der Waals surface area contributed by atoms with Crippen LogP contribution < -0.4 is 14.4 Å². The van der Waals surface area contributed by atoms with Crippen molar-refractivity contribution in [2.45, 2.75) is 19.9 Å². The van der Waals surface area contributed by atoms with Crippen LogP contribution in [0.3, 0.4) is 0 Å². The molecule has 8 heteroatoms. The summed E-state index contributed by atoms with van der Waals surface area (Å²) >= 11 is 0. The molecule has 0 aromatic heterocycles. The first kappa shape index (κ1) is 20.2. The summed E-state index contributed by atoms with van der Waals surface area (Å²) in [7, 11) is 0. The van der Waals surface area contributed by atoms with E-state index in [9.17, 15) is 14.9 Å². The van der Waals surface area contributed by atoms with Gasteiger partial charge >= 0.3 is 5.69 Å². The Morgan fingerprint density at radius 3 is 2.77 bits per heavy atom. The van der Waals surface area contributed by atoms with Crippen molar-refractivity contribution in [3.63, 3.8) is 0 Å². The van der Waals surface area contributed by atoms with Crippen LogP contribution in [-0.2, 0) is 13.0 Å². The maximum absolute atomic E-state index is 12.9. The van der Waals surface area contributed by atoms with Gasteiger partial charge in [-0.2, -0.15) is 0 Å². The van der Waals surface area contributed by atoms with Gasteiger partial charge in [-0.1, -0.05) is 0 Å². The highest BCUT2D eigenvalue weighted by Crippen LogP contribution is 2.28. The van der Waals surface area contributed by atoms with Gasteiger partial charge in [0.15, 0.2) is 5.75 Å². The number of fused-ring (bicyclic) bond motifs is 1. The molecule has 1 N–H and O–H groups in total. The summed E-state index contributed by atoms with van der Waals surface area (Å²) in [6.45, 7) is 6.72. The van der Waals surface area contributed by atoms with Gasteiger partial charge in [0.05, 0.1) is 44.3 Å². The van der Waals surface area contributed by atoms with Gasteiger partial charge in [0.25, 0.3) is 5.91 Å². The molecule has 0 unspecified atom stereocenters. The molecule has 0 saturated carbocycles. The smallest absolute Gasteiger partial charge is 0.311 e. The number of carbonyl (C=O) groups is 1. The summed E-state index contributed by atoms with van der Waals surface area (Å²) in [6.07, 6.45) is 0.967. The zero-order valence-electron chi connectivity index (χ0n) is 17.1. The summed E-state index contributed by atoms with van der Waals surface area (Å²) in [5.41, 5.74) is 2.72. The second-order valence-corrected chi connectivity index (χ2v) is 7.63. The maximum Gasteiger partial charge on any atom is 0.311 e. The molecule has 0 radical (unpaired) electrons. The van der Waals surface area contributed by atoms with E-state index in [-0.39, 0.29) is 17.3 Å². The summed E-state index contributed by atoms with van der Waals surface area (Å²) in [4.78, 5) is 26.9. The first-order chi connectivity index (χ1) is 14.5. The molecular formula is C22H26N3O5+. The van der Waals surface area contributed by atoms with Crippen LogP contribution in [0.2, 0.25) is 0 Å². The molecule has 0 aliphatic carbocycles. The molecule has 0 spiro atoms. The number of rotatable bonds is 6. The molecule has 1 amide bonds. The maximum atomic E-state index is 12.9. The molecule has 2 aromatic carbocycles.